The molecule has 0 fully saturated rings. The highest BCUT2D eigenvalue weighted by Gasteiger charge is 2.24. The zero-order chi connectivity index (χ0) is 15.8. The van der Waals surface area contributed by atoms with Crippen LogP contribution in [-0.2, 0) is 20.7 Å². The summed E-state index contributed by atoms with van der Waals surface area (Å²) in [5.74, 6) is -1.21. The SMILES string of the molecule is C=CCOC(=O)[C@@H](Cc1ccc(Br)cc1)NC(=O)C(Cl)Cl. The predicted molar refractivity (Wildman–Crippen MR) is 86.4 cm³/mol. The minimum Gasteiger partial charge on any atom is -0.460 e. The Balaban J connectivity index is 2.79. The van der Waals surface area contributed by atoms with Crippen LogP contribution in [0.3, 0.4) is 0 Å². The van der Waals surface area contributed by atoms with Crippen molar-refractivity contribution in [2.45, 2.75) is 17.3 Å². The highest BCUT2D eigenvalue weighted by atomic mass is 79.9. The first-order valence-electron chi connectivity index (χ1n) is 6.04. The summed E-state index contributed by atoms with van der Waals surface area (Å²) in [5.41, 5.74) is 0.861. The molecule has 1 aromatic carbocycles. The highest BCUT2D eigenvalue weighted by Crippen LogP contribution is 2.13. The molecule has 0 saturated carbocycles. The van der Waals surface area contributed by atoms with Gasteiger partial charge in [-0.3, -0.25) is 4.79 Å². The maximum Gasteiger partial charge on any atom is 0.329 e. The summed E-state index contributed by atoms with van der Waals surface area (Å²) in [5, 5.41) is 2.46. The molecule has 0 saturated heterocycles. The Morgan fingerprint density at radius 3 is 2.48 bits per heavy atom. The molecule has 7 heteroatoms. The molecule has 0 unspecified atom stereocenters. The number of carbonyl (C=O) groups excluding carboxylic acids is 2. The molecule has 0 bridgehead atoms. The van der Waals surface area contributed by atoms with Gasteiger partial charge < -0.3 is 10.1 Å². The van der Waals surface area contributed by atoms with Crippen molar-refractivity contribution in [2.24, 2.45) is 0 Å². The van der Waals surface area contributed by atoms with E-state index in [1.807, 2.05) is 24.3 Å². The van der Waals surface area contributed by atoms with Crippen LogP contribution in [0.1, 0.15) is 5.56 Å². The number of nitrogens with one attached hydrogen (secondary N) is 1. The topological polar surface area (TPSA) is 55.4 Å². The Bertz CT molecular complexity index is 505. The Morgan fingerprint density at radius 1 is 1.33 bits per heavy atom. The molecule has 0 aliphatic heterocycles. The smallest absolute Gasteiger partial charge is 0.329 e. The van der Waals surface area contributed by atoms with Gasteiger partial charge in [0.05, 0.1) is 0 Å². The Morgan fingerprint density at radius 2 is 1.95 bits per heavy atom. The zero-order valence-electron chi connectivity index (χ0n) is 11.0. The van der Waals surface area contributed by atoms with E-state index in [1.165, 1.54) is 6.08 Å². The van der Waals surface area contributed by atoms with Crippen molar-refractivity contribution in [3.63, 3.8) is 0 Å². The van der Waals surface area contributed by atoms with E-state index in [4.69, 9.17) is 27.9 Å². The lowest BCUT2D eigenvalue weighted by molar-refractivity contribution is -0.146. The second kappa shape index (κ2) is 9.07. The van der Waals surface area contributed by atoms with Crippen molar-refractivity contribution in [1.29, 1.82) is 0 Å². The van der Waals surface area contributed by atoms with Crippen LogP contribution in [0.15, 0.2) is 41.4 Å². The van der Waals surface area contributed by atoms with Crippen molar-refractivity contribution in [3.05, 3.63) is 47.0 Å². The summed E-state index contributed by atoms with van der Waals surface area (Å²) >= 11 is 14.3. The van der Waals surface area contributed by atoms with Gasteiger partial charge in [-0.05, 0) is 17.7 Å². The number of benzene rings is 1. The van der Waals surface area contributed by atoms with Crippen LogP contribution in [0, 0.1) is 0 Å². The number of hydrogen-bond donors (Lipinski definition) is 1. The molecule has 1 rings (SSSR count). The van der Waals surface area contributed by atoms with Crippen LogP contribution < -0.4 is 5.32 Å². The van der Waals surface area contributed by atoms with Crippen LogP contribution >= 0.6 is 39.1 Å². The number of halogens is 3. The summed E-state index contributed by atoms with van der Waals surface area (Å²) in [7, 11) is 0. The summed E-state index contributed by atoms with van der Waals surface area (Å²) in [4.78, 5) is 22.3. The van der Waals surface area contributed by atoms with Crippen molar-refractivity contribution in [2.75, 3.05) is 6.61 Å². The molecule has 0 radical (unpaired) electrons. The molecule has 0 aromatic heterocycles. The normalized spacial score (nSPS) is 11.8. The summed E-state index contributed by atoms with van der Waals surface area (Å²) in [6.45, 7) is 3.53. The van der Waals surface area contributed by atoms with E-state index in [-0.39, 0.29) is 13.0 Å². The van der Waals surface area contributed by atoms with Gasteiger partial charge >= 0.3 is 5.97 Å². The number of rotatable bonds is 7. The van der Waals surface area contributed by atoms with E-state index in [0.717, 1.165) is 10.0 Å². The molecular weight excluding hydrogens is 381 g/mol. The third-order valence-electron chi connectivity index (χ3n) is 2.50. The minimum absolute atomic E-state index is 0.0662. The molecule has 114 valence electrons. The van der Waals surface area contributed by atoms with Gasteiger partial charge in [0.15, 0.2) is 4.84 Å². The van der Waals surface area contributed by atoms with Gasteiger partial charge in [0.25, 0.3) is 5.91 Å². The Labute approximate surface area is 141 Å². The van der Waals surface area contributed by atoms with Gasteiger partial charge in [-0.25, -0.2) is 4.79 Å². The molecule has 21 heavy (non-hydrogen) atoms. The fourth-order valence-corrected chi connectivity index (χ4v) is 1.92. The Kier molecular flexibility index (Phi) is 7.78. The van der Waals surface area contributed by atoms with Crippen molar-refractivity contribution >= 4 is 51.0 Å². The van der Waals surface area contributed by atoms with Gasteiger partial charge in [0, 0.05) is 10.9 Å². The lowest BCUT2D eigenvalue weighted by atomic mass is 10.1. The standard InChI is InChI=1S/C14H14BrCl2NO3/c1-2-7-21-14(20)11(18-13(19)12(16)17)8-9-3-5-10(15)6-4-9/h2-6,11-12H,1,7-8H2,(H,18,19)/t11-/m1/s1. The van der Waals surface area contributed by atoms with E-state index < -0.39 is 22.8 Å². The van der Waals surface area contributed by atoms with E-state index in [0.29, 0.717) is 0 Å². The molecule has 1 atom stereocenters. The quantitative estimate of drug-likeness (QED) is 0.439. The maximum absolute atomic E-state index is 12.0. The molecule has 1 amide bonds. The average molecular weight is 395 g/mol. The van der Waals surface area contributed by atoms with E-state index in [9.17, 15) is 9.59 Å². The van der Waals surface area contributed by atoms with E-state index in [1.54, 1.807) is 0 Å². The lowest BCUT2D eigenvalue weighted by Crippen LogP contribution is -2.45. The molecule has 0 spiro atoms. The van der Waals surface area contributed by atoms with E-state index >= 15 is 0 Å². The van der Waals surface area contributed by atoms with Crippen LogP contribution in [-0.4, -0.2) is 29.4 Å². The first-order valence-corrected chi connectivity index (χ1v) is 7.71. The molecular formula is C14H14BrCl2NO3. The minimum atomic E-state index is -1.25. The molecule has 0 heterocycles. The Hall–Kier alpha value is -1.04. The summed E-state index contributed by atoms with van der Waals surface area (Å²) < 4.78 is 5.88. The van der Waals surface area contributed by atoms with Gasteiger partial charge in [-0.15, -0.1) is 0 Å². The van der Waals surface area contributed by atoms with Crippen LogP contribution in [0.25, 0.3) is 0 Å². The fourth-order valence-electron chi connectivity index (χ4n) is 1.53. The molecule has 1 N–H and O–H groups in total. The van der Waals surface area contributed by atoms with Crippen molar-refractivity contribution in [3.8, 4) is 0 Å². The third kappa shape index (κ3) is 6.50. The predicted octanol–water partition coefficient (Wildman–Crippen LogP) is 3.01. The number of ether oxygens (including phenoxy) is 1. The van der Waals surface area contributed by atoms with Gasteiger partial charge in [0.2, 0.25) is 0 Å². The van der Waals surface area contributed by atoms with Crippen molar-refractivity contribution in [1.82, 2.24) is 5.32 Å². The number of carbonyl (C=O) groups is 2. The summed E-state index contributed by atoms with van der Waals surface area (Å²) in [6, 6.07) is 6.49. The maximum atomic E-state index is 12.0. The van der Waals surface area contributed by atoms with Gasteiger partial charge in [0.1, 0.15) is 12.6 Å². The fraction of sp³-hybridized carbons (Fsp3) is 0.286. The zero-order valence-corrected chi connectivity index (χ0v) is 14.1. The second-order valence-corrected chi connectivity index (χ2v) is 6.12. The first kappa shape index (κ1) is 18.0. The number of alkyl halides is 2. The largest absolute Gasteiger partial charge is 0.460 e. The number of esters is 1. The highest BCUT2D eigenvalue weighted by molar-refractivity contribution is 9.10. The molecule has 0 aliphatic rings. The van der Waals surface area contributed by atoms with Crippen molar-refractivity contribution < 1.29 is 14.3 Å². The van der Waals surface area contributed by atoms with Crippen LogP contribution in [0.5, 0.6) is 0 Å². The monoisotopic (exact) mass is 393 g/mol. The van der Waals surface area contributed by atoms with Gasteiger partial charge in [-0.2, -0.15) is 0 Å². The molecule has 0 aliphatic carbocycles. The van der Waals surface area contributed by atoms with Crippen LogP contribution in [0.4, 0.5) is 0 Å². The number of hydrogen-bond acceptors (Lipinski definition) is 3. The molecule has 4 nitrogen and oxygen atoms in total. The van der Waals surface area contributed by atoms with Gasteiger partial charge in [-0.1, -0.05) is 63.9 Å². The number of amides is 1. The average Bonchev–Trinajstić information content (AvgIpc) is 2.46. The van der Waals surface area contributed by atoms with E-state index in [2.05, 4.69) is 27.8 Å². The first-order chi connectivity index (χ1) is 9.93. The third-order valence-corrected chi connectivity index (χ3v) is 3.42. The summed E-state index contributed by atoms with van der Waals surface area (Å²) in [6.07, 6.45) is 1.72. The van der Waals surface area contributed by atoms with Crippen LogP contribution in [0.2, 0.25) is 0 Å². The molecule has 1 aromatic rings. The second-order valence-electron chi connectivity index (χ2n) is 4.11. The lowest BCUT2D eigenvalue weighted by Gasteiger charge is -2.17.